The molecule has 0 aromatic carbocycles. The monoisotopic (exact) mass is 323 g/mol. The number of hydrogen-bond acceptors (Lipinski definition) is 5. The third kappa shape index (κ3) is 7.53. The van der Waals surface area contributed by atoms with Crippen LogP contribution in [0.5, 0.6) is 0 Å². The van der Waals surface area contributed by atoms with Gasteiger partial charge in [-0.15, -0.1) is 0 Å². The molecule has 0 aromatic heterocycles. The number of unbranched alkanes of at least 4 members (excludes halogenated alkanes) is 1. The second kappa shape index (κ2) is 10.5. The molecule has 0 bridgehead atoms. The van der Waals surface area contributed by atoms with E-state index in [2.05, 4.69) is 4.72 Å². The highest BCUT2D eigenvalue weighted by atomic mass is 32.2. The number of nitrogens with zero attached hydrogens (tertiary/aromatic N) is 1. The Morgan fingerprint density at radius 3 is 2.81 bits per heavy atom. The SMILES string of the molecule is COCCOCCCCNS(=O)(=O)N1CCCC(CN)C1. The minimum absolute atomic E-state index is 0.282. The first-order chi connectivity index (χ1) is 10.1. The Labute approximate surface area is 128 Å². The van der Waals surface area contributed by atoms with Crippen LogP contribution in [0, 0.1) is 5.92 Å². The van der Waals surface area contributed by atoms with Gasteiger partial charge in [0, 0.05) is 33.4 Å². The van der Waals surface area contributed by atoms with Gasteiger partial charge in [0.1, 0.15) is 0 Å². The van der Waals surface area contributed by atoms with Gasteiger partial charge in [0.25, 0.3) is 10.2 Å². The highest BCUT2D eigenvalue weighted by molar-refractivity contribution is 7.87. The molecule has 8 heteroatoms. The van der Waals surface area contributed by atoms with Crippen LogP contribution in [0.15, 0.2) is 0 Å². The lowest BCUT2D eigenvalue weighted by atomic mass is 10.0. The van der Waals surface area contributed by atoms with E-state index in [-0.39, 0.29) is 5.92 Å². The molecular formula is C13H29N3O4S. The summed E-state index contributed by atoms with van der Waals surface area (Å²) in [5.41, 5.74) is 5.63. The number of methoxy groups -OCH3 is 1. The summed E-state index contributed by atoms with van der Waals surface area (Å²) < 4.78 is 38.7. The van der Waals surface area contributed by atoms with E-state index in [1.807, 2.05) is 0 Å². The third-order valence-electron chi connectivity index (χ3n) is 3.59. The summed E-state index contributed by atoms with van der Waals surface area (Å²) in [6.07, 6.45) is 3.50. The fourth-order valence-corrected chi connectivity index (χ4v) is 3.66. The molecule has 1 fully saturated rings. The molecule has 1 aliphatic rings. The van der Waals surface area contributed by atoms with E-state index in [1.165, 1.54) is 4.31 Å². The topological polar surface area (TPSA) is 93.9 Å². The van der Waals surface area contributed by atoms with Gasteiger partial charge in [0.05, 0.1) is 13.2 Å². The summed E-state index contributed by atoms with van der Waals surface area (Å²) in [5, 5.41) is 0. The van der Waals surface area contributed by atoms with Gasteiger partial charge >= 0.3 is 0 Å². The molecule has 7 nitrogen and oxygen atoms in total. The molecule has 0 radical (unpaired) electrons. The van der Waals surface area contributed by atoms with Crippen LogP contribution in [0.25, 0.3) is 0 Å². The number of piperidine rings is 1. The maximum Gasteiger partial charge on any atom is 0.279 e. The summed E-state index contributed by atoms with van der Waals surface area (Å²) >= 11 is 0. The largest absolute Gasteiger partial charge is 0.382 e. The van der Waals surface area contributed by atoms with Gasteiger partial charge in [0.15, 0.2) is 0 Å². The lowest BCUT2D eigenvalue weighted by Crippen LogP contribution is -2.47. The van der Waals surface area contributed by atoms with Gasteiger partial charge in [-0.1, -0.05) is 0 Å². The quantitative estimate of drug-likeness (QED) is 0.519. The van der Waals surface area contributed by atoms with Crippen molar-refractivity contribution in [3.63, 3.8) is 0 Å². The van der Waals surface area contributed by atoms with Crippen molar-refractivity contribution in [3.8, 4) is 0 Å². The normalized spacial score (nSPS) is 20.8. The van der Waals surface area contributed by atoms with Gasteiger partial charge in [-0.25, -0.2) is 4.72 Å². The fourth-order valence-electron chi connectivity index (χ4n) is 2.30. The molecule has 0 saturated carbocycles. The molecule has 1 heterocycles. The Balaban J connectivity index is 2.15. The van der Waals surface area contributed by atoms with E-state index in [0.29, 0.717) is 46.0 Å². The molecule has 0 aliphatic carbocycles. The average Bonchev–Trinajstić information content (AvgIpc) is 2.50. The average molecular weight is 323 g/mol. The van der Waals surface area contributed by atoms with Gasteiger partial charge in [-0.2, -0.15) is 12.7 Å². The molecule has 0 aromatic rings. The Morgan fingerprint density at radius 2 is 2.10 bits per heavy atom. The van der Waals surface area contributed by atoms with Crippen molar-refractivity contribution in [2.75, 3.05) is 53.1 Å². The van der Waals surface area contributed by atoms with E-state index in [0.717, 1.165) is 25.7 Å². The summed E-state index contributed by atoms with van der Waals surface area (Å²) in [6.45, 7) is 3.91. The molecule has 0 spiro atoms. The number of nitrogens with one attached hydrogen (secondary N) is 1. The Bertz CT molecular complexity index is 364. The van der Waals surface area contributed by atoms with E-state index < -0.39 is 10.2 Å². The first-order valence-corrected chi connectivity index (χ1v) is 9.05. The van der Waals surface area contributed by atoms with E-state index >= 15 is 0 Å². The maximum atomic E-state index is 12.1. The summed E-state index contributed by atoms with van der Waals surface area (Å²) in [5.74, 6) is 0.282. The highest BCUT2D eigenvalue weighted by Gasteiger charge is 2.27. The van der Waals surface area contributed by atoms with Crippen LogP contribution in [0.1, 0.15) is 25.7 Å². The Kier molecular flexibility index (Phi) is 9.37. The zero-order valence-corrected chi connectivity index (χ0v) is 13.7. The zero-order valence-electron chi connectivity index (χ0n) is 12.9. The van der Waals surface area contributed by atoms with Gasteiger partial charge in [-0.05, 0) is 38.1 Å². The van der Waals surface area contributed by atoms with Crippen molar-refractivity contribution in [2.24, 2.45) is 11.7 Å². The van der Waals surface area contributed by atoms with Crippen molar-refractivity contribution in [1.82, 2.24) is 9.03 Å². The van der Waals surface area contributed by atoms with Crippen molar-refractivity contribution < 1.29 is 17.9 Å². The third-order valence-corrected chi connectivity index (χ3v) is 5.17. The minimum atomic E-state index is -3.36. The smallest absolute Gasteiger partial charge is 0.279 e. The predicted molar refractivity (Wildman–Crippen MR) is 82.2 cm³/mol. The molecule has 1 atom stereocenters. The first kappa shape index (κ1) is 18.8. The molecule has 1 unspecified atom stereocenters. The predicted octanol–water partition coefficient (Wildman–Crippen LogP) is -0.0653. The molecule has 3 N–H and O–H groups in total. The van der Waals surface area contributed by atoms with Crippen molar-refractivity contribution in [3.05, 3.63) is 0 Å². The van der Waals surface area contributed by atoms with Gasteiger partial charge in [0.2, 0.25) is 0 Å². The zero-order chi connectivity index (χ0) is 15.6. The van der Waals surface area contributed by atoms with E-state index in [9.17, 15) is 8.42 Å². The van der Waals surface area contributed by atoms with Crippen molar-refractivity contribution in [2.45, 2.75) is 25.7 Å². The maximum absolute atomic E-state index is 12.1. The standard InChI is InChI=1S/C13H29N3O4S/c1-19-9-10-20-8-3-2-6-15-21(17,18)16-7-4-5-13(11-14)12-16/h13,15H,2-12,14H2,1H3. The lowest BCUT2D eigenvalue weighted by Gasteiger charge is -2.31. The molecule has 1 saturated heterocycles. The number of rotatable bonds is 11. The Morgan fingerprint density at radius 1 is 1.29 bits per heavy atom. The molecule has 1 rings (SSSR count). The van der Waals surface area contributed by atoms with Gasteiger partial charge in [-0.3, -0.25) is 0 Å². The second-order valence-electron chi connectivity index (χ2n) is 5.31. The fraction of sp³-hybridized carbons (Fsp3) is 1.00. The molecule has 21 heavy (non-hydrogen) atoms. The van der Waals surface area contributed by atoms with Crippen LogP contribution in [-0.2, 0) is 19.7 Å². The number of ether oxygens (including phenoxy) is 2. The van der Waals surface area contributed by atoms with Crippen LogP contribution in [0.2, 0.25) is 0 Å². The number of hydrogen-bond donors (Lipinski definition) is 2. The summed E-state index contributed by atoms with van der Waals surface area (Å²) in [7, 11) is -1.73. The van der Waals surface area contributed by atoms with Crippen molar-refractivity contribution >= 4 is 10.2 Å². The van der Waals surface area contributed by atoms with Gasteiger partial charge < -0.3 is 15.2 Å². The molecule has 1 aliphatic heterocycles. The number of nitrogens with two attached hydrogens (primary N) is 1. The second-order valence-corrected chi connectivity index (χ2v) is 7.07. The van der Waals surface area contributed by atoms with Crippen molar-refractivity contribution in [1.29, 1.82) is 0 Å². The summed E-state index contributed by atoms with van der Waals surface area (Å²) in [6, 6.07) is 0. The highest BCUT2D eigenvalue weighted by Crippen LogP contribution is 2.17. The van der Waals surface area contributed by atoms with Crippen LogP contribution >= 0.6 is 0 Å². The van der Waals surface area contributed by atoms with Crippen LogP contribution < -0.4 is 10.5 Å². The first-order valence-electron chi connectivity index (χ1n) is 7.61. The van der Waals surface area contributed by atoms with E-state index in [1.54, 1.807) is 7.11 Å². The minimum Gasteiger partial charge on any atom is -0.382 e. The summed E-state index contributed by atoms with van der Waals surface area (Å²) in [4.78, 5) is 0. The molecule has 0 amide bonds. The molecular weight excluding hydrogens is 294 g/mol. The van der Waals surface area contributed by atoms with Crippen LogP contribution in [0.3, 0.4) is 0 Å². The Hall–Kier alpha value is -0.250. The lowest BCUT2D eigenvalue weighted by molar-refractivity contribution is 0.0689. The molecule has 126 valence electrons. The van der Waals surface area contributed by atoms with Crippen LogP contribution in [-0.4, -0.2) is 65.8 Å². The van der Waals surface area contributed by atoms with E-state index in [4.69, 9.17) is 15.2 Å². The van der Waals surface area contributed by atoms with Crippen LogP contribution in [0.4, 0.5) is 0 Å².